The van der Waals surface area contributed by atoms with Crippen LogP contribution in [0.15, 0.2) is 0 Å². The van der Waals surface area contributed by atoms with Crippen LogP contribution in [0.5, 0.6) is 0 Å². The van der Waals surface area contributed by atoms with Crippen molar-refractivity contribution < 1.29 is 22.8 Å². The molecule has 0 radical (unpaired) electrons. The summed E-state index contributed by atoms with van der Waals surface area (Å²) in [6.07, 6.45) is 3.00. The summed E-state index contributed by atoms with van der Waals surface area (Å²) in [6.45, 7) is 9.32. The molecular weight excluding hydrogens is 264 g/mol. The second kappa shape index (κ2) is 9.85. The first-order valence-electron chi connectivity index (χ1n) is 7.41. The maximum absolute atomic E-state index is 5.81. The predicted molar refractivity (Wildman–Crippen MR) is 75.0 cm³/mol. The van der Waals surface area contributed by atoms with E-state index in [0.29, 0.717) is 19.8 Å². The molecule has 0 aliphatic carbocycles. The fourth-order valence-corrected chi connectivity index (χ4v) is 4.91. The van der Waals surface area contributed by atoms with E-state index in [0.717, 1.165) is 38.5 Å². The summed E-state index contributed by atoms with van der Waals surface area (Å²) in [4.78, 5) is 0. The number of ether oxygens (including phenoxy) is 2. The second-order valence-electron chi connectivity index (χ2n) is 4.40. The highest BCUT2D eigenvalue weighted by molar-refractivity contribution is 6.60. The third kappa shape index (κ3) is 6.33. The van der Waals surface area contributed by atoms with Crippen molar-refractivity contribution in [1.82, 2.24) is 0 Å². The molecule has 6 heteroatoms. The highest BCUT2D eigenvalue weighted by Crippen LogP contribution is 2.21. The fraction of sp³-hybridized carbons (Fsp3) is 1.00. The van der Waals surface area contributed by atoms with E-state index in [9.17, 15) is 0 Å². The molecule has 1 fully saturated rings. The van der Waals surface area contributed by atoms with E-state index in [4.69, 9.17) is 22.8 Å². The summed E-state index contributed by atoms with van der Waals surface area (Å²) in [5.74, 6) is 0. The Kier molecular flexibility index (Phi) is 8.85. The molecule has 0 unspecified atom stereocenters. The predicted octanol–water partition coefficient (Wildman–Crippen LogP) is 2.58. The van der Waals surface area contributed by atoms with E-state index < -0.39 is 8.80 Å². The van der Waals surface area contributed by atoms with Gasteiger partial charge in [-0.3, -0.25) is 0 Å². The molecule has 0 spiro atoms. The van der Waals surface area contributed by atoms with Crippen LogP contribution in [0.4, 0.5) is 0 Å². The van der Waals surface area contributed by atoms with Crippen molar-refractivity contribution in [2.24, 2.45) is 0 Å². The Morgan fingerprint density at radius 3 is 1.89 bits per heavy atom. The van der Waals surface area contributed by atoms with Crippen LogP contribution in [0.25, 0.3) is 0 Å². The minimum absolute atomic E-state index is 0.0117. The molecule has 1 rings (SSSR count). The van der Waals surface area contributed by atoms with E-state index in [-0.39, 0.29) is 6.29 Å². The minimum Gasteiger partial charge on any atom is -0.374 e. The average molecular weight is 292 g/mol. The van der Waals surface area contributed by atoms with Gasteiger partial charge in [0.05, 0.1) is 13.2 Å². The number of hydrogen-bond donors (Lipinski definition) is 0. The molecule has 0 N–H and O–H groups in total. The summed E-state index contributed by atoms with van der Waals surface area (Å²) in [6, 6.07) is 0.870. The van der Waals surface area contributed by atoms with E-state index in [2.05, 4.69) is 0 Å². The lowest BCUT2D eigenvalue weighted by atomic mass is 10.2. The van der Waals surface area contributed by atoms with Crippen molar-refractivity contribution in [3.63, 3.8) is 0 Å². The zero-order chi connectivity index (χ0) is 14.0. The van der Waals surface area contributed by atoms with E-state index >= 15 is 0 Å². The third-order valence-electron chi connectivity index (χ3n) is 2.96. The van der Waals surface area contributed by atoms with Gasteiger partial charge in [0.15, 0.2) is 6.29 Å². The Balaban J connectivity index is 2.28. The van der Waals surface area contributed by atoms with Gasteiger partial charge in [-0.05, 0) is 40.0 Å². The van der Waals surface area contributed by atoms with E-state index in [1.807, 2.05) is 20.8 Å². The Bertz CT molecular complexity index is 204. The molecule has 1 aliphatic heterocycles. The van der Waals surface area contributed by atoms with Crippen molar-refractivity contribution >= 4 is 8.80 Å². The number of unbranched alkanes of at least 4 members (excludes halogenated alkanes) is 1. The maximum Gasteiger partial charge on any atom is 0.500 e. The molecule has 0 bridgehead atoms. The van der Waals surface area contributed by atoms with Crippen LogP contribution in [0.1, 0.15) is 40.0 Å². The van der Waals surface area contributed by atoms with Crippen molar-refractivity contribution in [3.8, 4) is 0 Å². The highest BCUT2D eigenvalue weighted by Gasteiger charge is 2.39. The van der Waals surface area contributed by atoms with Crippen LogP contribution in [0, 0.1) is 0 Å². The average Bonchev–Trinajstić information content (AvgIpc) is 2.89. The van der Waals surface area contributed by atoms with Gasteiger partial charge in [0.1, 0.15) is 0 Å². The molecule has 0 amide bonds. The molecule has 1 saturated heterocycles. The lowest BCUT2D eigenvalue weighted by Crippen LogP contribution is -2.45. The van der Waals surface area contributed by atoms with Gasteiger partial charge in [-0.1, -0.05) is 0 Å². The van der Waals surface area contributed by atoms with Crippen LogP contribution in [-0.4, -0.2) is 48.1 Å². The quantitative estimate of drug-likeness (QED) is 0.433. The molecule has 0 atom stereocenters. The zero-order valence-electron chi connectivity index (χ0n) is 12.5. The Hall–Kier alpha value is 0.0169. The van der Waals surface area contributed by atoms with Crippen molar-refractivity contribution in [2.75, 3.05) is 33.0 Å². The Labute approximate surface area is 117 Å². The summed E-state index contributed by atoms with van der Waals surface area (Å²) in [5, 5.41) is 0. The fourth-order valence-electron chi connectivity index (χ4n) is 2.23. The number of hydrogen-bond acceptors (Lipinski definition) is 5. The Morgan fingerprint density at radius 2 is 1.42 bits per heavy atom. The second-order valence-corrected chi connectivity index (χ2v) is 7.13. The lowest BCUT2D eigenvalue weighted by Gasteiger charge is -2.28. The zero-order valence-corrected chi connectivity index (χ0v) is 13.5. The monoisotopic (exact) mass is 292 g/mol. The van der Waals surface area contributed by atoms with Crippen molar-refractivity contribution in [2.45, 2.75) is 52.4 Å². The van der Waals surface area contributed by atoms with E-state index in [1.165, 1.54) is 0 Å². The molecule has 1 heterocycles. The molecule has 0 aromatic carbocycles. The first-order valence-corrected chi connectivity index (χ1v) is 9.34. The first kappa shape index (κ1) is 17.1. The van der Waals surface area contributed by atoms with Gasteiger partial charge in [0, 0.05) is 25.9 Å². The molecule has 19 heavy (non-hydrogen) atoms. The molecule has 0 saturated carbocycles. The SMILES string of the molecule is CCO[Si](CCCCC1OCCO1)(OCC)OCC. The normalized spacial score (nSPS) is 17.2. The largest absolute Gasteiger partial charge is 0.500 e. The van der Waals surface area contributed by atoms with Gasteiger partial charge >= 0.3 is 8.80 Å². The Morgan fingerprint density at radius 1 is 0.895 bits per heavy atom. The van der Waals surface area contributed by atoms with Crippen molar-refractivity contribution in [3.05, 3.63) is 0 Å². The molecule has 0 aromatic heterocycles. The summed E-state index contributed by atoms with van der Waals surface area (Å²) >= 11 is 0. The van der Waals surface area contributed by atoms with Gasteiger partial charge in [-0.2, -0.15) is 0 Å². The van der Waals surface area contributed by atoms with Crippen molar-refractivity contribution in [1.29, 1.82) is 0 Å². The van der Waals surface area contributed by atoms with E-state index in [1.54, 1.807) is 0 Å². The lowest BCUT2D eigenvalue weighted by molar-refractivity contribution is -0.0480. The first-order chi connectivity index (χ1) is 9.26. The third-order valence-corrected chi connectivity index (χ3v) is 6.11. The topological polar surface area (TPSA) is 46.2 Å². The van der Waals surface area contributed by atoms with Gasteiger partial charge in [0.25, 0.3) is 0 Å². The van der Waals surface area contributed by atoms with Gasteiger partial charge in [-0.15, -0.1) is 0 Å². The molecular formula is C13H28O5Si. The molecule has 0 aromatic rings. The summed E-state index contributed by atoms with van der Waals surface area (Å²) < 4.78 is 28.3. The van der Waals surface area contributed by atoms with Gasteiger partial charge in [-0.25, -0.2) is 0 Å². The van der Waals surface area contributed by atoms with Crippen LogP contribution in [0.2, 0.25) is 6.04 Å². The summed E-state index contributed by atoms with van der Waals surface area (Å²) in [5.41, 5.74) is 0. The highest BCUT2D eigenvalue weighted by atomic mass is 28.4. The smallest absolute Gasteiger partial charge is 0.374 e. The van der Waals surface area contributed by atoms with Crippen LogP contribution in [0.3, 0.4) is 0 Å². The maximum atomic E-state index is 5.81. The number of rotatable bonds is 11. The van der Waals surface area contributed by atoms with Gasteiger partial charge in [0.2, 0.25) is 0 Å². The van der Waals surface area contributed by atoms with Crippen LogP contribution in [-0.2, 0) is 22.8 Å². The van der Waals surface area contributed by atoms with Crippen LogP contribution < -0.4 is 0 Å². The minimum atomic E-state index is -2.45. The molecule has 114 valence electrons. The molecule has 1 aliphatic rings. The standard InChI is InChI=1S/C13H28O5Si/c1-4-16-19(17-5-2,18-6-3)12-8-7-9-13-14-10-11-15-13/h13H,4-12H2,1-3H3. The van der Waals surface area contributed by atoms with Crippen LogP contribution >= 0.6 is 0 Å². The van der Waals surface area contributed by atoms with Gasteiger partial charge < -0.3 is 22.8 Å². The summed E-state index contributed by atoms with van der Waals surface area (Å²) in [7, 11) is -2.45. The molecule has 5 nitrogen and oxygen atoms in total.